The van der Waals surface area contributed by atoms with Gasteiger partial charge in [0, 0.05) is 32.7 Å². The van der Waals surface area contributed by atoms with Gasteiger partial charge >= 0.3 is 0 Å². The molecule has 0 atom stereocenters. The minimum absolute atomic E-state index is 0.324. The third kappa shape index (κ3) is 4.43. The van der Waals surface area contributed by atoms with Crippen LogP contribution in [0.3, 0.4) is 0 Å². The van der Waals surface area contributed by atoms with Crippen molar-refractivity contribution in [3.63, 3.8) is 0 Å². The lowest BCUT2D eigenvalue weighted by Crippen LogP contribution is -2.48. The zero-order chi connectivity index (χ0) is 19.4. The first-order chi connectivity index (χ1) is 12.9. The SMILES string of the molecule is COc1ccc(CN2CCN(S(=O)(=O)c3ccc(OC)c(C)c3)CC2)cc1. The van der Waals surface area contributed by atoms with E-state index in [0.29, 0.717) is 36.8 Å². The molecule has 0 amide bonds. The topological polar surface area (TPSA) is 59.1 Å². The Morgan fingerprint density at radius 1 is 0.926 bits per heavy atom. The van der Waals surface area contributed by atoms with E-state index in [1.165, 1.54) is 5.56 Å². The van der Waals surface area contributed by atoms with E-state index in [2.05, 4.69) is 4.90 Å². The Bertz CT molecular complexity index is 873. The van der Waals surface area contributed by atoms with E-state index in [9.17, 15) is 8.42 Å². The van der Waals surface area contributed by atoms with E-state index < -0.39 is 10.0 Å². The minimum Gasteiger partial charge on any atom is -0.497 e. The number of piperazine rings is 1. The van der Waals surface area contributed by atoms with Crippen LogP contribution < -0.4 is 9.47 Å². The molecule has 0 aromatic heterocycles. The number of methoxy groups -OCH3 is 2. The summed E-state index contributed by atoms with van der Waals surface area (Å²) in [7, 11) is -0.247. The number of nitrogens with zero attached hydrogens (tertiary/aromatic N) is 2. The van der Waals surface area contributed by atoms with Gasteiger partial charge in [0.2, 0.25) is 10.0 Å². The third-order valence-electron chi connectivity index (χ3n) is 4.90. The Morgan fingerprint density at radius 3 is 2.15 bits per heavy atom. The van der Waals surface area contributed by atoms with Crippen molar-refractivity contribution in [3.8, 4) is 11.5 Å². The Morgan fingerprint density at radius 2 is 1.59 bits per heavy atom. The van der Waals surface area contributed by atoms with Gasteiger partial charge in [0.1, 0.15) is 11.5 Å². The highest BCUT2D eigenvalue weighted by molar-refractivity contribution is 7.89. The van der Waals surface area contributed by atoms with Gasteiger partial charge in [-0.05, 0) is 48.4 Å². The maximum Gasteiger partial charge on any atom is 0.243 e. The van der Waals surface area contributed by atoms with E-state index in [-0.39, 0.29) is 0 Å². The highest BCUT2D eigenvalue weighted by atomic mass is 32.2. The van der Waals surface area contributed by atoms with Gasteiger partial charge in [0.25, 0.3) is 0 Å². The number of benzene rings is 2. The fourth-order valence-corrected chi connectivity index (χ4v) is 4.79. The Hall–Kier alpha value is -2.09. The quantitative estimate of drug-likeness (QED) is 0.759. The summed E-state index contributed by atoms with van der Waals surface area (Å²) in [5.41, 5.74) is 2.01. The maximum absolute atomic E-state index is 12.9. The highest BCUT2D eigenvalue weighted by Crippen LogP contribution is 2.24. The molecular weight excluding hydrogens is 364 g/mol. The second kappa shape index (κ2) is 8.29. The molecule has 1 aliphatic rings. The molecule has 0 bridgehead atoms. The Kier molecular flexibility index (Phi) is 6.04. The molecule has 0 radical (unpaired) electrons. The molecular formula is C20H26N2O4S. The maximum atomic E-state index is 12.9. The van der Waals surface area contributed by atoms with Crippen LogP contribution in [0.1, 0.15) is 11.1 Å². The summed E-state index contributed by atoms with van der Waals surface area (Å²) < 4.78 is 37.8. The van der Waals surface area contributed by atoms with Crippen LogP contribution in [0.2, 0.25) is 0 Å². The van der Waals surface area contributed by atoms with Gasteiger partial charge in [-0.2, -0.15) is 4.31 Å². The van der Waals surface area contributed by atoms with Crippen LogP contribution in [0.4, 0.5) is 0 Å². The lowest BCUT2D eigenvalue weighted by atomic mass is 10.2. The van der Waals surface area contributed by atoms with Crippen LogP contribution >= 0.6 is 0 Å². The zero-order valence-corrected chi connectivity index (χ0v) is 16.8. The van der Waals surface area contributed by atoms with Crippen molar-refractivity contribution in [1.29, 1.82) is 0 Å². The van der Waals surface area contributed by atoms with Gasteiger partial charge in [-0.25, -0.2) is 8.42 Å². The summed E-state index contributed by atoms with van der Waals surface area (Å²) >= 11 is 0. The molecule has 2 aromatic carbocycles. The highest BCUT2D eigenvalue weighted by Gasteiger charge is 2.28. The van der Waals surface area contributed by atoms with E-state index in [0.717, 1.165) is 17.9 Å². The van der Waals surface area contributed by atoms with Crippen molar-refractivity contribution in [2.24, 2.45) is 0 Å². The molecule has 0 unspecified atom stereocenters. The molecule has 2 aromatic rings. The Labute approximate surface area is 161 Å². The summed E-state index contributed by atoms with van der Waals surface area (Å²) in [6, 6.07) is 13.0. The van der Waals surface area contributed by atoms with Gasteiger partial charge in [-0.3, -0.25) is 4.90 Å². The molecule has 6 nitrogen and oxygen atoms in total. The van der Waals surface area contributed by atoms with Crippen LogP contribution in [0, 0.1) is 6.92 Å². The number of aryl methyl sites for hydroxylation is 1. The summed E-state index contributed by atoms with van der Waals surface area (Å²) in [5, 5.41) is 0. The summed E-state index contributed by atoms with van der Waals surface area (Å²) in [6.07, 6.45) is 0. The van der Waals surface area contributed by atoms with Crippen LogP contribution in [0.25, 0.3) is 0 Å². The molecule has 7 heteroatoms. The predicted octanol–water partition coefficient (Wildman–Crippen LogP) is 2.52. The lowest BCUT2D eigenvalue weighted by Gasteiger charge is -2.34. The van der Waals surface area contributed by atoms with E-state index in [1.807, 2.05) is 31.2 Å². The first-order valence-electron chi connectivity index (χ1n) is 8.94. The predicted molar refractivity (Wildman–Crippen MR) is 105 cm³/mol. The van der Waals surface area contributed by atoms with Crippen LogP contribution in [0.5, 0.6) is 11.5 Å². The van der Waals surface area contributed by atoms with Crippen molar-refractivity contribution in [2.75, 3.05) is 40.4 Å². The van der Waals surface area contributed by atoms with E-state index >= 15 is 0 Å². The average Bonchev–Trinajstić information content (AvgIpc) is 2.69. The summed E-state index contributed by atoms with van der Waals surface area (Å²) in [6.45, 7) is 5.05. The second-order valence-electron chi connectivity index (χ2n) is 6.66. The summed E-state index contributed by atoms with van der Waals surface area (Å²) in [4.78, 5) is 2.59. The molecule has 0 N–H and O–H groups in total. The number of sulfonamides is 1. The van der Waals surface area contributed by atoms with Crippen molar-refractivity contribution in [3.05, 3.63) is 53.6 Å². The van der Waals surface area contributed by atoms with Gasteiger partial charge in [-0.15, -0.1) is 0 Å². The molecule has 1 heterocycles. The molecule has 3 rings (SSSR count). The fraction of sp³-hybridized carbons (Fsp3) is 0.400. The normalized spacial score (nSPS) is 16.3. The molecule has 27 heavy (non-hydrogen) atoms. The fourth-order valence-electron chi connectivity index (χ4n) is 3.28. The standard InChI is InChI=1S/C20H26N2O4S/c1-16-14-19(8-9-20(16)26-3)27(23,24)22-12-10-21(11-13-22)15-17-4-6-18(25-2)7-5-17/h4-9,14H,10-13,15H2,1-3H3. The molecule has 0 aliphatic carbocycles. The molecule has 1 saturated heterocycles. The van der Waals surface area contributed by atoms with Gasteiger partial charge in [-0.1, -0.05) is 12.1 Å². The van der Waals surface area contributed by atoms with E-state index in [1.54, 1.807) is 36.7 Å². The zero-order valence-electron chi connectivity index (χ0n) is 16.0. The molecule has 146 valence electrons. The molecule has 0 spiro atoms. The summed E-state index contributed by atoms with van der Waals surface area (Å²) in [5.74, 6) is 1.53. The largest absolute Gasteiger partial charge is 0.497 e. The lowest BCUT2D eigenvalue weighted by molar-refractivity contribution is 0.181. The van der Waals surface area contributed by atoms with Gasteiger partial charge in [0.05, 0.1) is 19.1 Å². The van der Waals surface area contributed by atoms with Crippen molar-refractivity contribution < 1.29 is 17.9 Å². The minimum atomic E-state index is -3.48. The average molecular weight is 391 g/mol. The second-order valence-corrected chi connectivity index (χ2v) is 8.60. The molecule has 1 fully saturated rings. The molecule has 1 aliphatic heterocycles. The molecule has 0 saturated carbocycles. The van der Waals surface area contributed by atoms with Crippen LogP contribution in [-0.4, -0.2) is 58.0 Å². The first kappa shape index (κ1) is 19.7. The monoisotopic (exact) mass is 390 g/mol. The van der Waals surface area contributed by atoms with Gasteiger partial charge in [0.15, 0.2) is 0 Å². The first-order valence-corrected chi connectivity index (χ1v) is 10.4. The number of hydrogen-bond acceptors (Lipinski definition) is 5. The van der Waals surface area contributed by atoms with E-state index in [4.69, 9.17) is 9.47 Å². The number of ether oxygens (including phenoxy) is 2. The van der Waals surface area contributed by atoms with Crippen LogP contribution in [0.15, 0.2) is 47.4 Å². The smallest absolute Gasteiger partial charge is 0.243 e. The third-order valence-corrected chi connectivity index (χ3v) is 6.80. The van der Waals surface area contributed by atoms with Crippen molar-refractivity contribution >= 4 is 10.0 Å². The number of rotatable bonds is 6. The van der Waals surface area contributed by atoms with Gasteiger partial charge < -0.3 is 9.47 Å². The van der Waals surface area contributed by atoms with Crippen molar-refractivity contribution in [1.82, 2.24) is 9.21 Å². The van der Waals surface area contributed by atoms with Crippen molar-refractivity contribution in [2.45, 2.75) is 18.4 Å². The number of hydrogen-bond donors (Lipinski definition) is 0. The Balaban J connectivity index is 1.62. The van der Waals surface area contributed by atoms with Crippen LogP contribution in [-0.2, 0) is 16.6 Å².